The van der Waals surface area contributed by atoms with Crippen LogP contribution in [0.1, 0.15) is 16.7 Å². The van der Waals surface area contributed by atoms with Crippen molar-refractivity contribution in [3.05, 3.63) is 83.4 Å². The standard InChI is InChI=1S/C25H21NO/c1-15-13-16(2)24(17(3)14-15)26-21-10-6-9-20-23-19-8-5-4-7-18(19)11-12-22(23)27-25(20)21/h4-14,26H,1-3H3. The van der Waals surface area contributed by atoms with E-state index in [0.29, 0.717) is 0 Å². The van der Waals surface area contributed by atoms with Crippen LogP contribution < -0.4 is 5.32 Å². The summed E-state index contributed by atoms with van der Waals surface area (Å²) in [7, 11) is 0. The first-order chi connectivity index (χ1) is 13.1. The van der Waals surface area contributed by atoms with Gasteiger partial charge in [0.15, 0.2) is 5.58 Å². The Hall–Kier alpha value is -3.26. The molecule has 0 saturated carbocycles. The number of anilines is 2. The summed E-state index contributed by atoms with van der Waals surface area (Å²) >= 11 is 0. The molecule has 0 aliphatic rings. The fourth-order valence-corrected chi connectivity index (χ4v) is 4.18. The molecule has 0 atom stereocenters. The van der Waals surface area contributed by atoms with Gasteiger partial charge >= 0.3 is 0 Å². The van der Waals surface area contributed by atoms with Crippen molar-refractivity contribution < 1.29 is 4.42 Å². The molecular weight excluding hydrogens is 330 g/mol. The summed E-state index contributed by atoms with van der Waals surface area (Å²) in [5, 5.41) is 8.42. The SMILES string of the molecule is Cc1cc(C)c(Nc2cccc3c2oc2ccc4ccccc4c23)c(C)c1. The summed E-state index contributed by atoms with van der Waals surface area (Å²) < 4.78 is 6.30. The highest BCUT2D eigenvalue weighted by molar-refractivity contribution is 6.20. The van der Waals surface area contributed by atoms with Crippen LogP contribution in [0.2, 0.25) is 0 Å². The lowest BCUT2D eigenvalue weighted by Crippen LogP contribution is -1.97. The second-order valence-corrected chi connectivity index (χ2v) is 7.34. The minimum Gasteiger partial charge on any atom is -0.454 e. The largest absolute Gasteiger partial charge is 0.454 e. The molecule has 2 heteroatoms. The minimum atomic E-state index is 0.906. The Morgan fingerprint density at radius 3 is 2.30 bits per heavy atom. The summed E-state index contributed by atoms with van der Waals surface area (Å²) in [6.45, 7) is 6.43. The molecule has 0 aliphatic carbocycles. The summed E-state index contributed by atoms with van der Waals surface area (Å²) in [5.74, 6) is 0. The highest BCUT2D eigenvalue weighted by Crippen LogP contribution is 2.39. The molecule has 132 valence electrons. The summed E-state index contributed by atoms with van der Waals surface area (Å²) in [4.78, 5) is 0. The van der Waals surface area contributed by atoms with Crippen LogP contribution in [0.25, 0.3) is 32.7 Å². The van der Waals surface area contributed by atoms with Crippen LogP contribution in [0.5, 0.6) is 0 Å². The molecule has 1 aromatic heterocycles. The molecule has 0 saturated heterocycles. The number of hydrogen-bond acceptors (Lipinski definition) is 2. The number of furan rings is 1. The second-order valence-electron chi connectivity index (χ2n) is 7.34. The monoisotopic (exact) mass is 351 g/mol. The summed E-state index contributed by atoms with van der Waals surface area (Å²) in [6.07, 6.45) is 0. The molecule has 27 heavy (non-hydrogen) atoms. The van der Waals surface area contributed by atoms with E-state index in [-0.39, 0.29) is 0 Å². The molecule has 2 nitrogen and oxygen atoms in total. The molecule has 5 rings (SSSR count). The van der Waals surface area contributed by atoms with Gasteiger partial charge in [0.1, 0.15) is 5.58 Å². The number of hydrogen-bond donors (Lipinski definition) is 1. The smallest absolute Gasteiger partial charge is 0.158 e. The Morgan fingerprint density at radius 1 is 0.741 bits per heavy atom. The third-order valence-corrected chi connectivity index (χ3v) is 5.32. The maximum atomic E-state index is 6.30. The second kappa shape index (κ2) is 5.88. The summed E-state index contributed by atoms with van der Waals surface area (Å²) in [5.41, 5.74) is 7.75. The zero-order valence-corrected chi connectivity index (χ0v) is 15.8. The van der Waals surface area contributed by atoms with Crippen LogP contribution in [-0.4, -0.2) is 0 Å². The Labute approximate surface area is 158 Å². The van der Waals surface area contributed by atoms with E-state index in [1.165, 1.54) is 32.8 Å². The highest BCUT2D eigenvalue weighted by Gasteiger charge is 2.14. The predicted octanol–water partition coefficient (Wildman–Crippen LogP) is 7.41. The van der Waals surface area contributed by atoms with Crippen molar-refractivity contribution in [2.75, 3.05) is 5.32 Å². The first kappa shape index (κ1) is 16.0. The minimum absolute atomic E-state index is 0.906. The molecule has 1 heterocycles. The van der Waals surface area contributed by atoms with Crippen molar-refractivity contribution >= 4 is 44.1 Å². The van der Waals surface area contributed by atoms with Gasteiger partial charge in [0.2, 0.25) is 0 Å². The topological polar surface area (TPSA) is 25.2 Å². The van der Waals surface area contributed by atoms with Crippen molar-refractivity contribution in [2.24, 2.45) is 0 Å². The number of rotatable bonds is 2. The molecule has 5 aromatic rings. The lowest BCUT2D eigenvalue weighted by molar-refractivity contribution is 0.670. The maximum absolute atomic E-state index is 6.30. The van der Waals surface area contributed by atoms with Crippen LogP contribution in [0.4, 0.5) is 11.4 Å². The number of nitrogens with one attached hydrogen (secondary N) is 1. The quantitative estimate of drug-likeness (QED) is 0.358. The van der Waals surface area contributed by atoms with Crippen LogP contribution in [0, 0.1) is 20.8 Å². The van der Waals surface area contributed by atoms with Gasteiger partial charge in [-0.05, 0) is 54.8 Å². The average molecular weight is 351 g/mol. The van der Waals surface area contributed by atoms with Gasteiger partial charge in [-0.25, -0.2) is 0 Å². The average Bonchev–Trinajstić information content (AvgIpc) is 3.04. The van der Waals surface area contributed by atoms with E-state index < -0.39 is 0 Å². The molecule has 4 aromatic carbocycles. The van der Waals surface area contributed by atoms with Crippen LogP contribution >= 0.6 is 0 Å². The first-order valence-electron chi connectivity index (χ1n) is 9.29. The van der Waals surface area contributed by atoms with E-state index in [4.69, 9.17) is 4.42 Å². The van der Waals surface area contributed by atoms with Gasteiger partial charge in [-0.3, -0.25) is 0 Å². The van der Waals surface area contributed by atoms with Gasteiger partial charge in [-0.2, -0.15) is 0 Å². The zero-order valence-electron chi connectivity index (χ0n) is 15.8. The number of aryl methyl sites for hydroxylation is 3. The lowest BCUT2D eigenvalue weighted by Gasteiger charge is -2.14. The van der Waals surface area contributed by atoms with Crippen LogP contribution in [-0.2, 0) is 0 Å². The van der Waals surface area contributed by atoms with E-state index in [1.807, 2.05) is 0 Å². The number of benzene rings is 4. The maximum Gasteiger partial charge on any atom is 0.158 e. The van der Waals surface area contributed by atoms with Crippen molar-refractivity contribution in [3.8, 4) is 0 Å². The van der Waals surface area contributed by atoms with Gasteiger partial charge in [0.05, 0.1) is 5.69 Å². The number of fused-ring (bicyclic) bond motifs is 5. The molecule has 0 fully saturated rings. The molecule has 0 aliphatic heterocycles. The van der Waals surface area contributed by atoms with Crippen molar-refractivity contribution in [1.82, 2.24) is 0 Å². The third-order valence-electron chi connectivity index (χ3n) is 5.32. The van der Waals surface area contributed by atoms with Gasteiger partial charge in [-0.1, -0.05) is 60.2 Å². The molecule has 1 N–H and O–H groups in total. The lowest BCUT2D eigenvalue weighted by atomic mass is 10.0. The van der Waals surface area contributed by atoms with Crippen LogP contribution in [0.15, 0.2) is 71.1 Å². The molecule has 0 radical (unpaired) electrons. The highest BCUT2D eigenvalue weighted by atomic mass is 16.3. The fourth-order valence-electron chi connectivity index (χ4n) is 4.18. The van der Waals surface area contributed by atoms with E-state index >= 15 is 0 Å². The van der Waals surface area contributed by atoms with Gasteiger partial charge in [-0.15, -0.1) is 0 Å². The van der Waals surface area contributed by atoms with Crippen molar-refractivity contribution in [2.45, 2.75) is 20.8 Å². The van der Waals surface area contributed by atoms with Gasteiger partial charge < -0.3 is 9.73 Å². The Kier molecular flexibility index (Phi) is 3.48. The Bertz CT molecular complexity index is 1300. The first-order valence-corrected chi connectivity index (χ1v) is 9.29. The van der Waals surface area contributed by atoms with Crippen molar-refractivity contribution in [3.63, 3.8) is 0 Å². The van der Waals surface area contributed by atoms with Gasteiger partial charge in [0, 0.05) is 16.5 Å². The summed E-state index contributed by atoms with van der Waals surface area (Å²) in [6, 6.07) is 23.4. The van der Waals surface area contributed by atoms with Crippen molar-refractivity contribution in [1.29, 1.82) is 0 Å². The van der Waals surface area contributed by atoms with E-state index in [9.17, 15) is 0 Å². The molecular formula is C25H21NO. The molecule has 0 bridgehead atoms. The van der Waals surface area contributed by atoms with Gasteiger partial charge in [0.25, 0.3) is 0 Å². The molecule has 0 unspecified atom stereocenters. The van der Waals surface area contributed by atoms with Crippen LogP contribution in [0.3, 0.4) is 0 Å². The zero-order chi connectivity index (χ0) is 18.5. The number of para-hydroxylation sites is 1. The molecule has 0 spiro atoms. The Balaban J connectivity index is 1.76. The third kappa shape index (κ3) is 2.48. The van der Waals surface area contributed by atoms with E-state index in [0.717, 1.165) is 27.9 Å². The van der Waals surface area contributed by atoms with E-state index in [1.54, 1.807) is 0 Å². The molecule has 0 amide bonds. The fraction of sp³-hybridized carbons (Fsp3) is 0.120. The predicted molar refractivity (Wildman–Crippen MR) is 115 cm³/mol. The Morgan fingerprint density at radius 2 is 1.48 bits per heavy atom. The normalized spacial score (nSPS) is 11.5. The van der Waals surface area contributed by atoms with E-state index in [2.05, 4.69) is 92.8 Å².